The molecule has 2 atom stereocenters. The molecule has 2 aliphatic rings. The van der Waals surface area contributed by atoms with Crippen molar-refractivity contribution >= 4 is 34.8 Å². The molecule has 1 saturated carbocycles. The third kappa shape index (κ3) is 3.82. The Morgan fingerprint density at radius 1 is 1.15 bits per heavy atom. The summed E-state index contributed by atoms with van der Waals surface area (Å²) >= 11 is 7.75. The fraction of sp³-hybridized carbons (Fsp3) is 0.269. The zero-order valence-electron chi connectivity index (χ0n) is 18.4. The number of benzene rings is 2. The minimum atomic E-state index is -0.853. The molecule has 0 radical (unpaired) electrons. The molecular formula is C26H23ClN4OS. The van der Waals surface area contributed by atoms with Crippen LogP contribution in [-0.2, 0) is 10.3 Å². The lowest BCUT2D eigenvalue weighted by molar-refractivity contribution is -0.130. The van der Waals surface area contributed by atoms with Crippen LogP contribution in [0.4, 0.5) is 0 Å². The standard InChI is InChI=1S/C26H23ClN4OS/c1-26(22-12-20(14-33-22)19-9-15(13-28)10-21(27)11-19)23(24(32)31(2)25(29)30-26)18-7-5-17(6-8-18)16-3-4-16/h5-12,14,16,23H,3-4H2,1-2H3,(H2,29,30)/t23-,26-/m1/s1. The molecule has 2 heterocycles. The monoisotopic (exact) mass is 474 g/mol. The fourth-order valence-electron chi connectivity index (χ4n) is 4.54. The van der Waals surface area contributed by atoms with Crippen molar-refractivity contribution < 1.29 is 4.79 Å². The maximum Gasteiger partial charge on any atom is 0.239 e. The highest BCUT2D eigenvalue weighted by atomic mass is 35.5. The van der Waals surface area contributed by atoms with Crippen LogP contribution in [0.2, 0.25) is 5.02 Å². The molecule has 0 spiro atoms. The van der Waals surface area contributed by atoms with Crippen molar-refractivity contribution in [1.29, 1.82) is 5.26 Å². The second-order valence-electron chi connectivity index (χ2n) is 8.93. The van der Waals surface area contributed by atoms with Gasteiger partial charge in [0.05, 0.1) is 17.6 Å². The van der Waals surface area contributed by atoms with Gasteiger partial charge in [-0.05, 0) is 77.6 Å². The number of hydrogen-bond acceptors (Lipinski definition) is 5. The molecule has 3 aromatic rings. The van der Waals surface area contributed by atoms with Crippen LogP contribution in [0.1, 0.15) is 53.2 Å². The van der Waals surface area contributed by atoms with Crippen molar-refractivity contribution in [1.82, 2.24) is 4.90 Å². The normalized spacial score (nSPS) is 22.7. The van der Waals surface area contributed by atoms with E-state index in [1.54, 1.807) is 13.1 Å². The first-order chi connectivity index (χ1) is 15.8. The zero-order valence-corrected chi connectivity index (χ0v) is 20.0. The molecule has 0 unspecified atom stereocenters. The Morgan fingerprint density at radius 3 is 2.52 bits per heavy atom. The van der Waals surface area contributed by atoms with Gasteiger partial charge in [0.2, 0.25) is 5.91 Å². The molecular weight excluding hydrogens is 452 g/mol. The quantitative estimate of drug-likeness (QED) is 0.534. The first kappa shape index (κ1) is 21.7. The summed E-state index contributed by atoms with van der Waals surface area (Å²) in [7, 11) is 1.67. The van der Waals surface area contributed by atoms with Gasteiger partial charge >= 0.3 is 0 Å². The summed E-state index contributed by atoms with van der Waals surface area (Å²) in [6, 6.07) is 17.9. The van der Waals surface area contributed by atoms with E-state index >= 15 is 0 Å². The van der Waals surface area contributed by atoms with Crippen LogP contribution in [-0.4, -0.2) is 23.8 Å². The minimum Gasteiger partial charge on any atom is -0.369 e. The van der Waals surface area contributed by atoms with E-state index in [1.165, 1.54) is 34.6 Å². The van der Waals surface area contributed by atoms with Crippen molar-refractivity contribution in [3.05, 3.63) is 80.5 Å². The number of carbonyl (C=O) groups is 1. The molecule has 1 amide bonds. The second-order valence-corrected chi connectivity index (χ2v) is 10.3. The second kappa shape index (κ2) is 8.02. The zero-order chi connectivity index (χ0) is 23.3. The Hall–Kier alpha value is -3.14. The first-order valence-electron chi connectivity index (χ1n) is 10.8. The van der Waals surface area contributed by atoms with Gasteiger partial charge in [-0.3, -0.25) is 9.69 Å². The van der Waals surface area contributed by atoms with E-state index in [2.05, 4.69) is 30.3 Å². The van der Waals surface area contributed by atoms with E-state index in [1.807, 2.05) is 30.5 Å². The van der Waals surface area contributed by atoms with E-state index in [-0.39, 0.29) is 11.9 Å². The van der Waals surface area contributed by atoms with Gasteiger partial charge in [-0.1, -0.05) is 35.9 Å². The number of guanidine groups is 1. The van der Waals surface area contributed by atoms with Crippen LogP contribution in [0.25, 0.3) is 11.1 Å². The number of nitriles is 1. The molecule has 166 valence electrons. The Labute approximate surface area is 202 Å². The maximum absolute atomic E-state index is 13.5. The highest BCUT2D eigenvalue weighted by Gasteiger charge is 2.48. The van der Waals surface area contributed by atoms with Gasteiger partial charge in [0.1, 0.15) is 5.54 Å². The van der Waals surface area contributed by atoms with Crippen LogP contribution < -0.4 is 5.73 Å². The van der Waals surface area contributed by atoms with E-state index in [4.69, 9.17) is 22.3 Å². The fourth-order valence-corrected chi connectivity index (χ4v) is 5.83. The Bertz CT molecular complexity index is 1320. The molecule has 2 aromatic carbocycles. The minimum absolute atomic E-state index is 0.0753. The van der Waals surface area contributed by atoms with Gasteiger partial charge in [0.25, 0.3) is 0 Å². The number of aliphatic imine (C=N–C) groups is 1. The number of hydrogen-bond donors (Lipinski definition) is 1. The number of carbonyl (C=O) groups excluding carboxylic acids is 1. The lowest BCUT2D eigenvalue weighted by Gasteiger charge is -2.40. The third-order valence-corrected chi connectivity index (χ3v) is 7.98. The van der Waals surface area contributed by atoms with Crippen LogP contribution in [0, 0.1) is 11.3 Å². The average Bonchev–Trinajstić information content (AvgIpc) is 3.52. The molecule has 1 aromatic heterocycles. The summed E-state index contributed by atoms with van der Waals surface area (Å²) in [6.07, 6.45) is 2.47. The summed E-state index contributed by atoms with van der Waals surface area (Å²) < 4.78 is 0. The number of rotatable bonds is 4. The van der Waals surface area contributed by atoms with Crippen molar-refractivity contribution in [3.8, 4) is 17.2 Å². The molecule has 0 bridgehead atoms. The Morgan fingerprint density at radius 2 is 1.85 bits per heavy atom. The summed E-state index contributed by atoms with van der Waals surface area (Å²) in [5.41, 5.74) is 9.86. The molecule has 1 aliphatic heterocycles. The highest BCUT2D eigenvalue weighted by molar-refractivity contribution is 7.10. The van der Waals surface area contributed by atoms with E-state index in [0.717, 1.165) is 21.6 Å². The molecule has 0 saturated heterocycles. The number of halogens is 1. The number of amides is 1. The average molecular weight is 475 g/mol. The molecule has 33 heavy (non-hydrogen) atoms. The molecule has 5 nitrogen and oxygen atoms in total. The van der Waals surface area contributed by atoms with Crippen molar-refractivity contribution in [2.75, 3.05) is 7.05 Å². The van der Waals surface area contributed by atoms with Crippen molar-refractivity contribution in [3.63, 3.8) is 0 Å². The van der Waals surface area contributed by atoms with Gasteiger partial charge in [0, 0.05) is 16.9 Å². The number of nitrogens with zero attached hydrogens (tertiary/aromatic N) is 3. The largest absolute Gasteiger partial charge is 0.369 e. The number of nitrogens with two attached hydrogens (primary N) is 1. The lowest BCUT2D eigenvalue weighted by atomic mass is 9.77. The Balaban J connectivity index is 1.59. The number of thiophene rings is 1. The van der Waals surface area contributed by atoms with Crippen LogP contribution in [0.15, 0.2) is 58.9 Å². The van der Waals surface area contributed by atoms with Crippen LogP contribution in [0.3, 0.4) is 0 Å². The van der Waals surface area contributed by atoms with Gasteiger partial charge in [0.15, 0.2) is 5.96 Å². The summed E-state index contributed by atoms with van der Waals surface area (Å²) in [6.45, 7) is 1.97. The highest BCUT2D eigenvalue weighted by Crippen LogP contribution is 2.48. The first-order valence-corrected chi connectivity index (χ1v) is 12.1. The topological polar surface area (TPSA) is 82.5 Å². The third-order valence-electron chi connectivity index (χ3n) is 6.61. The van der Waals surface area contributed by atoms with Crippen LogP contribution >= 0.6 is 22.9 Å². The molecule has 2 N–H and O–H groups in total. The Kier molecular flexibility index (Phi) is 5.27. The van der Waals surface area contributed by atoms with Crippen molar-refractivity contribution in [2.45, 2.75) is 37.1 Å². The van der Waals surface area contributed by atoms with Gasteiger partial charge < -0.3 is 5.73 Å². The summed E-state index contributed by atoms with van der Waals surface area (Å²) in [5, 5.41) is 11.8. The summed E-state index contributed by atoms with van der Waals surface area (Å²) in [5.74, 6) is 0.287. The number of likely N-dealkylation sites (N-methyl/N-ethyl adjacent to an activating group) is 1. The van der Waals surface area contributed by atoms with E-state index in [0.29, 0.717) is 16.5 Å². The molecule has 5 rings (SSSR count). The van der Waals surface area contributed by atoms with Gasteiger partial charge in [-0.15, -0.1) is 11.3 Å². The van der Waals surface area contributed by atoms with Gasteiger partial charge in [-0.25, -0.2) is 4.99 Å². The van der Waals surface area contributed by atoms with Crippen LogP contribution in [0.5, 0.6) is 0 Å². The molecule has 1 aliphatic carbocycles. The lowest BCUT2D eigenvalue weighted by Crippen LogP contribution is -2.52. The van der Waals surface area contributed by atoms with Gasteiger partial charge in [-0.2, -0.15) is 5.26 Å². The smallest absolute Gasteiger partial charge is 0.239 e. The molecule has 1 fully saturated rings. The SMILES string of the molecule is CN1C(=O)[C@@H](c2ccc(C3CC3)cc2)[C@@](C)(c2cc(-c3cc(Cl)cc(C#N)c3)cs2)N=C1N. The van der Waals surface area contributed by atoms with E-state index < -0.39 is 11.5 Å². The van der Waals surface area contributed by atoms with E-state index in [9.17, 15) is 10.1 Å². The molecule has 7 heteroatoms. The maximum atomic E-state index is 13.5. The summed E-state index contributed by atoms with van der Waals surface area (Å²) in [4.78, 5) is 20.7. The predicted molar refractivity (Wildman–Crippen MR) is 132 cm³/mol. The predicted octanol–water partition coefficient (Wildman–Crippen LogP) is 5.60. The van der Waals surface area contributed by atoms with Crippen molar-refractivity contribution in [2.24, 2.45) is 10.7 Å².